The lowest BCUT2D eigenvalue weighted by Gasteiger charge is -2.32. The number of nitrogens with one attached hydrogen (secondary N) is 1. The molecule has 3 aliphatic heterocycles. The molecule has 0 radical (unpaired) electrons. The second-order valence-corrected chi connectivity index (χ2v) is 13.9. The SMILES string of the molecule is CCn1ncc2c1CN(C(=O)c1cc3c(B4OC(C)(C)C(C)(C)O4)cc(C4=CCCN(C(=O)OC(C)(C)C)C4)c(F)c3[nH]1)C2. The molecule has 234 valence electrons. The number of H-pyrrole nitrogens is 1. The third-order valence-corrected chi connectivity index (χ3v) is 9.09. The van der Waals surface area contributed by atoms with Gasteiger partial charge in [0.25, 0.3) is 5.91 Å². The minimum Gasteiger partial charge on any atom is -0.444 e. The molecule has 3 aromatic rings. The van der Waals surface area contributed by atoms with E-state index in [-0.39, 0.29) is 23.7 Å². The monoisotopic (exact) mass is 605 g/mol. The fraction of sp³-hybridized carbons (Fsp3) is 0.531. The van der Waals surface area contributed by atoms with Crippen molar-refractivity contribution in [2.75, 3.05) is 13.1 Å². The van der Waals surface area contributed by atoms with Crippen molar-refractivity contribution in [2.45, 2.75) is 98.2 Å². The summed E-state index contributed by atoms with van der Waals surface area (Å²) < 4.78 is 36.8. The summed E-state index contributed by atoms with van der Waals surface area (Å²) in [5.74, 6) is -0.725. The first-order chi connectivity index (χ1) is 20.6. The van der Waals surface area contributed by atoms with Gasteiger partial charge in [-0.2, -0.15) is 5.10 Å². The molecule has 3 aliphatic rings. The molecule has 1 saturated heterocycles. The highest BCUT2D eigenvalue weighted by atomic mass is 19.1. The Bertz CT molecular complexity index is 1670. The van der Waals surface area contributed by atoms with Gasteiger partial charge in [-0.25, -0.2) is 9.18 Å². The van der Waals surface area contributed by atoms with E-state index >= 15 is 4.39 Å². The van der Waals surface area contributed by atoms with Gasteiger partial charge < -0.3 is 28.8 Å². The first kappa shape index (κ1) is 30.4. The van der Waals surface area contributed by atoms with E-state index in [2.05, 4.69) is 10.1 Å². The Hall–Kier alpha value is -3.64. The molecule has 0 spiro atoms. The van der Waals surface area contributed by atoms with Crippen LogP contribution in [0.5, 0.6) is 0 Å². The zero-order chi connectivity index (χ0) is 31.8. The van der Waals surface area contributed by atoms with Crippen LogP contribution in [0.4, 0.5) is 9.18 Å². The number of aromatic amines is 1. The molecule has 10 nitrogen and oxygen atoms in total. The van der Waals surface area contributed by atoms with Crippen LogP contribution < -0.4 is 5.46 Å². The van der Waals surface area contributed by atoms with Gasteiger partial charge in [0.1, 0.15) is 11.3 Å². The Kier molecular flexibility index (Phi) is 7.24. The Labute approximate surface area is 257 Å². The van der Waals surface area contributed by atoms with E-state index in [1.165, 1.54) is 0 Å². The number of amides is 2. The van der Waals surface area contributed by atoms with Gasteiger partial charge in [0, 0.05) is 42.7 Å². The summed E-state index contributed by atoms with van der Waals surface area (Å²) in [5, 5.41) is 4.91. The minimum atomic E-state index is -0.793. The van der Waals surface area contributed by atoms with Gasteiger partial charge in [-0.05, 0) is 78.9 Å². The van der Waals surface area contributed by atoms with Gasteiger partial charge in [0.15, 0.2) is 5.82 Å². The first-order valence-corrected chi connectivity index (χ1v) is 15.3. The number of nitrogens with zero attached hydrogens (tertiary/aromatic N) is 4. The molecule has 0 unspecified atom stereocenters. The molecule has 1 fully saturated rings. The molecule has 0 bridgehead atoms. The molecule has 5 heterocycles. The molecule has 2 amide bonds. The fourth-order valence-electron chi connectivity index (χ4n) is 6.02. The molecule has 44 heavy (non-hydrogen) atoms. The fourth-order valence-corrected chi connectivity index (χ4v) is 6.02. The largest absolute Gasteiger partial charge is 0.495 e. The molecular formula is C32H41BFN5O5. The van der Waals surface area contributed by atoms with E-state index < -0.39 is 35.8 Å². The standard InChI is InChI=1S/C32H41BFN5O5/c1-9-39-25-18-38(17-20(25)15-35-39)28(40)24-14-22-23(33-43-31(5,6)32(7,8)44-33)13-21(26(34)27(22)36-24)19-11-10-12-37(16-19)29(41)42-30(2,3)4/h11,13-15,36H,9-10,12,16-18H2,1-8H3. The number of hydrogen-bond donors (Lipinski definition) is 1. The summed E-state index contributed by atoms with van der Waals surface area (Å²) in [6, 6.07) is 3.44. The van der Waals surface area contributed by atoms with E-state index in [4.69, 9.17) is 14.0 Å². The van der Waals surface area contributed by atoms with Crippen LogP contribution in [0.2, 0.25) is 0 Å². The molecule has 2 aromatic heterocycles. The summed E-state index contributed by atoms with van der Waals surface area (Å²) >= 11 is 0. The van der Waals surface area contributed by atoms with E-state index in [0.29, 0.717) is 48.0 Å². The van der Waals surface area contributed by atoms with Crippen molar-refractivity contribution >= 4 is 41.1 Å². The van der Waals surface area contributed by atoms with E-state index in [1.54, 1.807) is 28.1 Å². The number of hydrogen-bond acceptors (Lipinski definition) is 6. The smallest absolute Gasteiger partial charge is 0.444 e. The quantitative estimate of drug-likeness (QED) is 0.420. The van der Waals surface area contributed by atoms with Crippen molar-refractivity contribution in [3.63, 3.8) is 0 Å². The predicted octanol–water partition coefficient (Wildman–Crippen LogP) is 5.00. The molecule has 1 N–H and O–H groups in total. The number of fused-ring (bicyclic) bond motifs is 2. The van der Waals surface area contributed by atoms with E-state index in [9.17, 15) is 9.59 Å². The minimum absolute atomic E-state index is 0.188. The van der Waals surface area contributed by atoms with Crippen LogP contribution in [0.15, 0.2) is 24.4 Å². The Balaban J connectivity index is 1.39. The van der Waals surface area contributed by atoms with Crippen LogP contribution in [-0.2, 0) is 33.7 Å². The zero-order valence-corrected chi connectivity index (χ0v) is 26.8. The maximum Gasteiger partial charge on any atom is 0.495 e. The highest BCUT2D eigenvalue weighted by Gasteiger charge is 2.52. The molecule has 12 heteroatoms. The third kappa shape index (κ3) is 5.21. The van der Waals surface area contributed by atoms with Crippen molar-refractivity contribution in [3.8, 4) is 0 Å². The number of ether oxygens (including phenoxy) is 1. The summed E-state index contributed by atoms with van der Waals surface area (Å²) in [6.07, 6.45) is 3.86. The number of aromatic nitrogens is 3. The van der Waals surface area contributed by atoms with Gasteiger partial charge in [0.2, 0.25) is 0 Å². The average molecular weight is 606 g/mol. The Morgan fingerprint density at radius 2 is 1.80 bits per heavy atom. The maximum absolute atomic E-state index is 16.5. The molecule has 6 rings (SSSR count). The normalized spacial score (nSPS) is 19.5. The number of carbonyl (C=O) groups excluding carboxylic acids is 2. The summed E-state index contributed by atoms with van der Waals surface area (Å²) in [7, 11) is -0.793. The van der Waals surface area contributed by atoms with Gasteiger partial charge in [-0.15, -0.1) is 0 Å². The second kappa shape index (κ2) is 10.5. The molecule has 0 atom stereocenters. The van der Waals surface area contributed by atoms with Crippen LogP contribution in [0, 0.1) is 5.82 Å². The lowest BCUT2D eigenvalue weighted by molar-refractivity contribution is 0.00578. The number of aryl methyl sites for hydroxylation is 1. The van der Waals surface area contributed by atoms with Crippen LogP contribution >= 0.6 is 0 Å². The summed E-state index contributed by atoms with van der Waals surface area (Å²) in [4.78, 5) is 33.1. The maximum atomic E-state index is 16.5. The summed E-state index contributed by atoms with van der Waals surface area (Å²) in [5.41, 5.74) is 2.21. The van der Waals surface area contributed by atoms with Crippen LogP contribution in [0.25, 0.3) is 16.5 Å². The molecular weight excluding hydrogens is 564 g/mol. The van der Waals surface area contributed by atoms with Gasteiger partial charge in [-0.3, -0.25) is 9.48 Å². The van der Waals surface area contributed by atoms with Crippen molar-refractivity contribution in [1.29, 1.82) is 0 Å². The number of carbonyl (C=O) groups is 2. The topological polar surface area (TPSA) is 102 Å². The second-order valence-electron chi connectivity index (χ2n) is 13.9. The highest BCUT2D eigenvalue weighted by molar-refractivity contribution is 6.65. The molecule has 1 aromatic carbocycles. The Morgan fingerprint density at radius 1 is 1.09 bits per heavy atom. The van der Waals surface area contributed by atoms with Crippen LogP contribution in [0.1, 0.15) is 89.1 Å². The molecule has 0 saturated carbocycles. The first-order valence-electron chi connectivity index (χ1n) is 15.3. The predicted molar refractivity (Wildman–Crippen MR) is 166 cm³/mol. The number of halogens is 1. The lowest BCUT2D eigenvalue weighted by Crippen LogP contribution is -2.41. The lowest BCUT2D eigenvalue weighted by atomic mass is 9.75. The number of rotatable bonds is 4. The zero-order valence-electron chi connectivity index (χ0n) is 26.8. The van der Waals surface area contributed by atoms with E-state index in [0.717, 1.165) is 17.8 Å². The Morgan fingerprint density at radius 3 is 2.45 bits per heavy atom. The van der Waals surface area contributed by atoms with Crippen molar-refractivity contribution in [3.05, 3.63) is 52.7 Å². The van der Waals surface area contributed by atoms with Gasteiger partial charge >= 0.3 is 13.2 Å². The van der Waals surface area contributed by atoms with Gasteiger partial charge in [-0.1, -0.05) is 12.1 Å². The van der Waals surface area contributed by atoms with Crippen molar-refractivity contribution in [1.82, 2.24) is 24.6 Å². The van der Waals surface area contributed by atoms with Crippen LogP contribution in [0.3, 0.4) is 0 Å². The number of benzene rings is 1. The highest BCUT2D eigenvalue weighted by Crippen LogP contribution is 2.38. The molecule has 0 aliphatic carbocycles. The summed E-state index contributed by atoms with van der Waals surface area (Å²) in [6.45, 7) is 17.6. The van der Waals surface area contributed by atoms with Crippen molar-refractivity contribution < 1.29 is 28.0 Å². The van der Waals surface area contributed by atoms with Crippen molar-refractivity contribution in [2.24, 2.45) is 0 Å². The van der Waals surface area contributed by atoms with E-state index in [1.807, 2.05) is 66.1 Å². The average Bonchev–Trinajstić information content (AvgIpc) is 3.69. The van der Waals surface area contributed by atoms with Crippen LogP contribution in [-0.4, -0.2) is 73.6 Å². The third-order valence-electron chi connectivity index (χ3n) is 9.09. The van der Waals surface area contributed by atoms with Gasteiger partial charge in [0.05, 0.1) is 35.2 Å².